The summed E-state index contributed by atoms with van der Waals surface area (Å²) in [6, 6.07) is 7.14. The SMILES string of the molecule is CCCNc1nnc(-c2ccc(C(=O)OC)cc2)s1. The Labute approximate surface area is 115 Å². The van der Waals surface area contributed by atoms with Crippen LogP contribution < -0.4 is 5.32 Å². The highest BCUT2D eigenvalue weighted by Crippen LogP contribution is 2.26. The van der Waals surface area contributed by atoms with Crippen LogP contribution in [0.1, 0.15) is 23.7 Å². The molecule has 0 bridgehead atoms. The first-order valence-electron chi connectivity index (χ1n) is 6.00. The second-order valence-corrected chi connectivity index (χ2v) is 4.89. The summed E-state index contributed by atoms with van der Waals surface area (Å²) in [6.07, 6.45) is 1.04. The van der Waals surface area contributed by atoms with Crippen molar-refractivity contribution < 1.29 is 9.53 Å². The molecule has 0 radical (unpaired) electrons. The number of ether oxygens (including phenoxy) is 1. The smallest absolute Gasteiger partial charge is 0.337 e. The maximum Gasteiger partial charge on any atom is 0.337 e. The molecule has 6 heteroatoms. The number of rotatable bonds is 5. The number of benzene rings is 1. The molecule has 0 saturated heterocycles. The first kappa shape index (κ1) is 13.5. The van der Waals surface area contributed by atoms with Crippen molar-refractivity contribution in [3.05, 3.63) is 29.8 Å². The van der Waals surface area contributed by atoms with Crippen molar-refractivity contribution in [3.8, 4) is 10.6 Å². The second-order valence-electron chi connectivity index (χ2n) is 3.91. The summed E-state index contributed by atoms with van der Waals surface area (Å²) in [5, 5.41) is 13.0. The molecule has 5 nitrogen and oxygen atoms in total. The van der Waals surface area contributed by atoms with Crippen molar-refractivity contribution in [2.75, 3.05) is 19.0 Å². The molecule has 2 rings (SSSR count). The zero-order valence-corrected chi connectivity index (χ0v) is 11.7. The molecule has 1 heterocycles. The fourth-order valence-electron chi connectivity index (χ4n) is 1.51. The second kappa shape index (κ2) is 6.29. The van der Waals surface area contributed by atoms with Gasteiger partial charge in [-0.3, -0.25) is 0 Å². The van der Waals surface area contributed by atoms with Crippen LogP contribution >= 0.6 is 11.3 Å². The van der Waals surface area contributed by atoms with Crippen LogP contribution in [0.3, 0.4) is 0 Å². The van der Waals surface area contributed by atoms with Gasteiger partial charge in [-0.05, 0) is 18.6 Å². The molecule has 0 fully saturated rings. The van der Waals surface area contributed by atoms with Crippen LogP contribution in [0.5, 0.6) is 0 Å². The Bertz CT molecular complexity index is 551. The van der Waals surface area contributed by atoms with Crippen molar-refractivity contribution in [3.63, 3.8) is 0 Å². The van der Waals surface area contributed by atoms with Crippen molar-refractivity contribution in [1.82, 2.24) is 10.2 Å². The van der Waals surface area contributed by atoms with Gasteiger partial charge < -0.3 is 10.1 Å². The van der Waals surface area contributed by atoms with Gasteiger partial charge in [0.2, 0.25) is 5.13 Å². The van der Waals surface area contributed by atoms with E-state index in [0.29, 0.717) is 5.56 Å². The van der Waals surface area contributed by atoms with Crippen LogP contribution in [0, 0.1) is 0 Å². The maximum atomic E-state index is 11.3. The first-order valence-corrected chi connectivity index (χ1v) is 6.82. The number of nitrogens with zero attached hydrogens (tertiary/aromatic N) is 2. The summed E-state index contributed by atoms with van der Waals surface area (Å²) < 4.78 is 4.66. The van der Waals surface area contributed by atoms with Crippen LogP contribution in [-0.2, 0) is 4.74 Å². The largest absolute Gasteiger partial charge is 0.465 e. The molecule has 1 aromatic carbocycles. The zero-order valence-electron chi connectivity index (χ0n) is 10.8. The molecule has 0 unspecified atom stereocenters. The highest BCUT2D eigenvalue weighted by atomic mass is 32.1. The van der Waals surface area contributed by atoms with Gasteiger partial charge in [-0.25, -0.2) is 4.79 Å². The molecule has 0 amide bonds. The zero-order chi connectivity index (χ0) is 13.7. The lowest BCUT2D eigenvalue weighted by Gasteiger charge is -1.99. The third kappa shape index (κ3) is 3.29. The minimum atomic E-state index is -0.339. The maximum absolute atomic E-state index is 11.3. The fourth-order valence-corrected chi connectivity index (χ4v) is 2.28. The van der Waals surface area contributed by atoms with E-state index in [1.54, 1.807) is 12.1 Å². The summed E-state index contributed by atoms with van der Waals surface area (Å²) in [5.74, 6) is -0.339. The van der Waals surface area contributed by atoms with E-state index in [0.717, 1.165) is 28.7 Å². The average molecular weight is 277 g/mol. The lowest BCUT2D eigenvalue weighted by atomic mass is 10.1. The molecular weight excluding hydrogens is 262 g/mol. The van der Waals surface area contributed by atoms with Gasteiger partial charge in [-0.1, -0.05) is 30.4 Å². The lowest BCUT2D eigenvalue weighted by molar-refractivity contribution is 0.0601. The quantitative estimate of drug-likeness (QED) is 0.851. The van der Waals surface area contributed by atoms with E-state index in [1.807, 2.05) is 12.1 Å². The predicted octanol–water partition coefficient (Wildman–Crippen LogP) is 2.81. The first-order chi connectivity index (χ1) is 9.24. The van der Waals surface area contributed by atoms with Gasteiger partial charge in [-0.15, -0.1) is 10.2 Å². The molecule has 1 N–H and O–H groups in total. The van der Waals surface area contributed by atoms with Crippen LogP contribution in [0.15, 0.2) is 24.3 Å². The molecule has 19 heavy (non-hydrogen) atoms. The Morgan fingerprint density at radius 1 is 1.32 bits per heavy atom. The lowest BCUT2D eigenvalue weighted by Crippen LogP contribution is -2.00. The normalized spacial score (nSPS) is 10.2. The van der Waals surface area contributed by atoms with E-state index in [1.165, 1.54) is 18.4 Å². The molecule has 0 aliphatic rings. The molecule has 0 aliphatic heterocycles. The number of esters is 1. The minimum Gasteiger partial charge on any atom is -0.465 e. The van der Waals surface area contributed by atoms with Gasteiger partial charge >= 0.3 is 5.97 Å². The monoisotopic (exact) mass is 277 g/mol. The van der Waals surface area contributed by atoms with E-state index in [9.17, 15) is 4.79 Å². The number of methoxy groups -OCH3 is 1. The van der Waals surface area contributed by atoms with Crippen LogP contribution in [-0.4, -0.2) is 29.8 Å². The van der Waals surface area contributed by atoms with Crippen molar-refractivity contribution >= 4 is 22.4 Å². The van der Waals surface area contributed by atoms with E-state index >= 15 is 0 Å². The molecule has 100 valence electrons. The highest BCUT2D eigenvalue weighted by molar-refractivity contribution is 7.18. The Kier molecular flexibility index (Phi) is 4.46. The van der Waals surface area contributed by atoms with Gasteiger partial charge in [0.15, 0.2) is 0 Å². The Morgan fingerprint density at radius 2 is 2.05 bits per heavy atom. The summed E-state index contributed by atoms with van der Waals surface area (Å²) in [6.45, 7) is 2.98. The molecule has 0 spiro atoms. The number of nitrogens with one attached hydrogen (secondary N) is 1. The molecular formula is C13H15N3O2S. The van der Waals surface area contributed by atoms with Gasteiger partial charge in [0.25, 0.3) is 0 Å². The Balaban J connectivity index is 2.13. The van der Waals surface area contributed by atoms with Crippen molar-refractivity contribution in [1.29, 1.82) is 0 Å². The number of carbonyl (C=O) groups is 1. The summed E-state index contributed by atoms with van der Waals surface area (Å²) >= 11 is 1.50. The summed E-state index contributed by atoms with van der Waals surface area (Å²) in [5.41, 5.74) is 1.47. The number of anilines is 1. The van der Waals surface area contributed by atoms with Crippen molar-refractivity contribution in [2.45, 2.75) is 13.3 Å². The van der Waals surface area contributed by atoms with Gasteiger partial charge in [0.05, 0.1) is 12.7 Å². The molecule has 0 atom stereocenters. The molecule has 0 saturated carbocycles. The number of hydrogen-bond donors (Lipinski definition) is 1. The third-order valence-electron chi connectivity index (χ3n) is 2.50. The van der Waals surface area contributed by atoms with Crippen LogP contribution in [0.4, 0.5) is 5.13 Å². The third-order valence-corrected chi connectivity index (χ3v) is 3.43. The van der Waals surface area contributed by atoms with Gasteiger partial charge in [-0.2, -0.15) is 0 Å². The van der Waals surface area contributed by atoms with Crippen LogP contribution in [0.25, 0.3) is 10.6 Å². The number of aromatic nitrogens is 2. The van der Waals surface area contributed by atoms with Gasteiger partial charge in [0, 0.05) is 12.1 Å². The number of carbonyl (C=O) groups excluding carboxylic acids is 1. The van der Waals surface area contributed by atoms with E-state index < -0.39 is 0 Å². The molecule has 1 aromatic heterocycles. The Morgan fingerprint density at radius 3 is 2.68 bits per heavy atom. The van der Waals surface area contributed by atoms with Gasteiger partial charge in [0.1, 0.15) is 5.01 Å². The summed E-state index contributed by atoms with van der Waals surface area (Å²) in [4.78, 5) is 11.3. The van der Waals surface area contributed by atoms with Crippen LogP contribution in [0.2, 0.25) is 0 Å². The van der Waals surface area contributed by atoms with Crippen molar-refractivity contribution in [2.24, 2.45) is 0 Å². The molecule has 0 aliphatic carbocycles. The highest BCUT2D eigenvalue weighted by Gasteiger charge is 2.08. The predicted molar refractivity (Wildman–Crippen MR) is 75.5 cm³/mol. The van der Waals surface area contributed by atoms with E-state index in [4.69, 9.17) is 0 Å². The van der Waals surface area contributed by atoms with E-state index in [-0.39, 0.29) is 5.97 Å². The van der Waals surface area contributed by atoms with E-state index in [2.05, 4.69) is 27.2 Å². The molecule has 2 aromatic rings. The topological polar surface area (TPSA) is 64.1 Å². The standard InChI is InChI=1S/C13H15N3O2S/c1-3-8-14-13-16-15-11(19-13)9-4-6-10(7-5-9)12(17)18-2/h4-7H,3,8H2,1-2H3,(H,14,16). The summed E-state index contributed by atoms with van der Waals surface area (Å²) in [7, 11) is 1.37. The fraction of sp³-hybridized carbons (Fsp3) is 0.308. The minimum absolute atomic E-state index is 0.339. The average Bonchev–Trinajstić information content (AvgIpc) is 2.93. The Hall–Kier alpha value is -1.95. The number of hydrogen-bond acceptors (Lipinski definition) is 6.